The number of rotatable bonds is 4. The van der Waals surface area contributed by atoms with Crippen molar-refractivity contribution in [3.8, 4) is 0 Å². The molecule has 1 heterocycles. The Balaban J connectivity index is 2.85. The molecule has 0 aliphatic rings. The molecule has 0 saturated heterocycles. The van der Waals surface area contributed by atoms with Crippen LogP contribution < -0.4 is 10.6 Å². The smallest absolute Gasteiger partial charge is 0.285 e. The zero-order chi connectivity index (χ0) is 10.8. The van der Waals surface area contributed by atoms with E-state index in [-0.39, 0.29) is 17.8 Å². The van der Waals surface area contributed by atoms with Gasteiger partial charge in [-0.1, -0.05) is 11.3 Å². The molecular weight excluding hydrogens is 208 g/mol. The normalized spacial score (nSPS) is 11.8. The van der Waals surface area contributed by atoms with Crippen molar-refractivity contribution < 1.29 is 8.78 Å². The minimum absolute atomic E-state index is 0.0216. The predicted molar refractivity (Wildman–Crippen MR) is 54.0 cm³/mol. The van der Waals surface area contributed by atoms with E-state index in [1.807, 2.05) is 0 Å². The molecule has 0 aliphatic carbocycles. The number of anilines is 1. The first-order chi connectivity index (χ1) is 6.47. The predicted octanol–water partition coefficient (Wildman–Crippen LogP) is 1.65. The number of halogens is 2. The van der Waals surface area contributed by atoms with Crippen molar-refractivity contribution in [2.45, 2.75) is 12.3 Å². The van der Waals surface area contributed by atoms with Crippen molar-refractivity contribution in [1.29, 1.82) is 0 Å². The van der Waals surface area contributed by atoms with Gasteiger partial charge in [-0.2, -0.15) is 0 Å². The second kappa shape index (κ2) is 4.18. The fraction of sp³-hybridized carbons (Fsp3) is 0.625. The highest BCUT2D eigenvalue weighted by Gasteiger charge is 2.33. The van der Waals surface area contributed by atoms with Crippen molar-refractivity contribution in [3.05, 3.63) is 11.1 Å². The monoisotopic (exact) mass is 221 g/mol. The van der Waals surface area contributed by atoms with E-state index < -0.39 is 5.92 Å². The van der Waals surface area contributed by atoms with Crippen LogP contribution in [0.3, 0.4) is 0 Å². The summed E-state index contributed by atoms with van der Waals surface area (Å²) in [5.41, 5.74) is 5.11. The van der Waals surface area contributed by atoms with Crippen LogP contribution in [0.2, 0.25) is 0 Å². The summed E-state index contributed by atoms with van der Waals surface area (Å²) in [6.07, 6.45) is 0.887. The lowest BCUT2D eigenvalue weighted by Gasteiger charge is -2.12. The summed E-state index contributed by atoms with van der Waals surface area (Å²) in [6.45, 7) is -0.0256. The van der Waals surface area contributed by atoms with Crippen LogP contribution in [0, 0.1) is 0 Å². The van der Waals surface area contributed by atoms with Gasteiger partial charge in [0.15, 0.2) is 5.13 Å². The number of nitrogens with zero attached hydrogens (tertiary/aromatic N) is 2. The van der Waals surface area contributed by atoms with Crippen molar-refractivity contribution >= 4 is 16.5 Å². The van der Waals surface area contributed by atoms with Crippen LogP contribution in [0.4, 0.5) is 13.9 Å². The summed E-state index contributed by atoms with van der Waals surface area (Å²) in [7, 11) is 3.54. The molecule has 0 radical (unpaired) electrons. The zero-order valence-corrected chi connectivity index (χ0v) is 8.94. The van der Waals surface area contributed by atoms with Gasteiger partial charge in [0.25, 0.3) is 5.92 Å². The average molecular weight is 221 g/mol. The molecule has 0 aliphatic heterocycles. The van der Waals surface area contributed by atoms with Gasteiger partial charge in [0.2, 0.25) is 0 Å². The first-order valence-corrected chi connectivity index (χ1v) is 5.00. The Kier molecular flexibility index (Phi) is 3.38. The van der Waals surface area contributed by atoms with Crippen molar-refractivity contribution in [3.63, 3.8) is 0 Å². The van der Waals surface area contributed by atoms with Crippen LogP contribution in [0.5, 0.6) is 0 Å². The SMILES string of the molecule is CN(C)c1ncc(C(F)(F)CCN)s1. The first kappa shape index (κ1) is 11.3. The summed E-state index contributed by atoms with van der Waals surface area (Å²) in [4.78, 5) is 5.57. The molecule has 1 rings (SSSR count). The molecule has 14 heavy (non-hydrogen) atoms. The van der Waals surface area contributed by atoms with E-state index in [0.717, 1.165) is 11.3 Å². The van der Waals surface area contributed by atoms with E-state index in [2.05, 4.69) is 4.98 Å². The Morgan fingerprint density at radius 1 is 1.57 bits per heavy atom. The molecule has 0 amide bonds. The quantitative estimate of drug-likeness (QED) is 0.840. The Hall–Kier alpha value is -0.750. The standard InChI is InChI=1S/C8H13F2N3S/c1-13(2)7-12-5-6(14-7)8(9,10)3-4-11/h5H,3-4,11H2,1-2H3. The maximum atomic E-state index is 13.3. The Morgan fingerprint density at radius 3 is 2.64 bits per heavy atom. The fourth-order valence-corrected chi connectivity index (χ4v) is 1.79. The Labute approximate surface area is 85.5 Å². The van der Waals surface area contributed by atoms with Crippen LogP contribution in [-0.4, -0.2) is 25.6 Å². The van der Waals surface area contributed by atoms with Gasteiger partial charge in [0, 0.05) is 26.7 Å². The van der Waals surface area contributed by atoms with E-state index in [1.54, 1.807) is 19.0 Å². The Morgan fingerprint density at radius 2 is 2.21 bits per heavy atom. The van der Waals surface area contributed by atoms with Gasteiger partial charge in [0.1, 0.15) is 0 Å². The van der Waals surface area contributed by atoms with Crippen LogP contribution >= 0.6 is 11.3 Å². The van der Waals surface area contributed by atoms with E-state index in [1.165, 1.54) is 6.20 Å². The molecular formula is C8H13F2N3S. The molecule has 80 valence electrons. The van der Waals surface area contributed by atoms with Crippen molar-refractivity contribution in [2.24, 2.45) is 5.73 Å². The molecule has 0 spiro atoms. The van der Waals surface area contributed by atoms with Crippen LogP contribution in [-0.2, 0) is 5.92 Å². The fourth-order valence-electron chi connectivity index (χ4n) is 0.945. The lowest BCUT2D eigenvalue weighted by molar-refractivity contribution is -0.00702. The molecule has 0 aromatic carbocycles. The lowest BCUT2D eigenvalue weighted by atomic mass is 10.2. The molecule has 2 N–H and O–H groups in total. The van der Waals surface area contributed by atoms with Gasteiger partial charge in [0.05, 0.1) is 4.88 Å². The number of hydrogen-bond acceptors (Lipinski definition) is 4. The summed E-state index contributed by atoms with van der Waals surface area (Å²) < 4.78 is 26.6. The van der Waals surface area contributed by atoms with Gasteiger partial charge < -0.3 is 10.6 Å². The second-order valence-electron chi connectivity index (χ2n) is 3.14. The van der Waals surface area contributed by atoms with Gasteiger partial charge in [-0.05, 0) is 6.54 Å². The summed E-state index contributed by atoms with van der Waals surface area (Å²) >= 11 is 0.997. The first-order valence-electron chi connectivity index (χ1n) is 4.19. The van der Waals surface area contributed by atoms with Crippen molar-refractivity contribution in [1.82, 2.24) is 4.98 Å². The topological polar surface area (TPSA) is 42.2 Å². The molecule has 0 unspecified atom stereocenters. The van der Waals surface area contributed by atoms with Crippen LogP contribution in [0.1, 0.15) is 11.3 Å². The maximum absolute atomic E-state index is 13.3. The minimum atomic E-state index is -2.85. The number of alkyl halides is 2. The highest BCUT2D eigenvalue weighted by atomic mass is 32.1. The van der Waals surface area contributed by atoms with Gasteiger partial charge >= 0.3 is 0 Å². The van der Waals surface area contributed by atoms with Gasteiger partial charge in [-0.25, -0.2) is 13.8 Å². The highest BCUT2D eigenvalue weighted by molar-refractivity contribution is 7.15. The summed E-state index contributed by atoms with van der Waals surface area (Å²) in [6, 6.07) is 0. The van der Waals surface area contributed by atoms with Crippen LogP contribution in [0.25, 0.3) is 0 Å². The van der Waals surface area contributed by atoms with Gasteiger partial charge in [-0.3, -0.25) is 0 Å². The Bertz CT molecular complexity index is 299. The molecule has 0 atom stereocenters. The summed E-state index contributed by atoms with van der Waals surface area (Å²) in [5, 5.41) is 0.580. The van der Waals surface area contributed by atoms with Crippen LogP contribution in [0.15, 0.2) is 6.20 Å². The van der Waals surface area contributed by atoms with E-state index >= 15 is 0 Å². The number of aromatic nitrogens is 1. The molecule has 1 aromatic rings. The molecule has 3 nitrogen and oxygen atoms in total. The van der Waals surface area contributed by atoms with Gasteiger partial charge in [-0.15, -0.1) is 0 Å². The molecule has 0 bridgehead atoms. The zero-order valence-electron chi connectivity index (χ0n) is 8.13. The summed E-state index contributed by atoms with van der Waals surface area (Å²) in [5.74, 6) is -2.85. The number of thiazole rings is 1. The third-order valence-corrected chi connectivity index (χ3v) is 2.97. The molecule has 0 saturated carbocycles. The molecule has 1 aromatic heterocycles. The lowest BCUT2D eigenvalue weighted by Crippen LogP contribution is -2.17. The average Bonchev–Trinajstić information content (AvgIpc) is 2.51. The van der Waals surface area contributed by atoms with Crippen molar-refractivity contribution in [2.75, 3.05) is 25.5 Å². The highest BCUT2D eigenvalue weighted by Crippen LogP contribution is 2.36. The van der Waals surface area contributed by atoms with E-state index in [0.29, 0.717) is 5.13 Å². The minimum Gasteiger partial charge on any atom is -0.354 e. The third-order valence-electron chi connectivity index (χ3n) is 1.69. The van der Waals surface area contributed by atoms with E-state index in [9.17, 15) is 8.78 Å². The molecule has 0 fully saturated rings. The molecule has 6 heteroatoms. The largest absolute Gasteiger partial charge is 0.354 e. The van der Waals surface area contributed by atoms with E-state index in [4.69, 9.17) is 5.73 Å². The number of hydrogen-bond donors (Lipinski definition) is 1. The number of nitrogens with two attached hydrogens (primary N) is 1. The second-order valence-corrected chi connectivity index (χ2v) is 4.15. The maximum Gasteiger partial charge on any atom is 0.285 e. The third kappa shape index (κ3) is 2.39.